The molecule has 0 saturated carbocycles. The number of carbonyl (C=O) groups excluding carboxylic acids is 1. The van der Waals surface area contributed by atoms with Gasteiger partial charge in [-0.1, -0.05) is 12.1 Å². The Labute approximate surface area is 133 Å². The molecule has 0 atom stereocenters. The number of hydrogen-bond donors (Lipinski definition) is 0. The van der Waals surface area contributed by atoms with Crippen molar-refractivity contribution in [2.75, 3.05) is 33.3 Å². The van der Waals surface area contributed by atoms with Crippen LogP contribution in [0.4, 0.5) is 0 Å². The molecule has 0 spiro atoms. The Morgan fingerprint density at radius 2 is 1.79 bits per heavy atom. The molecule has 1 aromatic rings. The van der Waals surface area contributed by atoms with E-state index in [1.54, 1.807) is 6.92 Å². The first-order valence-corrected chi connectivity index (χ1v) is 6.58. The molecule has 19 heavy (non-hydrogen) atoms. The summed E-state index contributed by atoms with van der Waals surface area (Å²) in [5.74, 6) is 0.748. The van der Waals surface area contributed by atoms with Crippen LogP contribution in [0, 0.1) is 0 Å². The van der Waals surface area contributed by atoms with Crippen molar-refractivity contribution < 1.29 is 38.0 Å². The van der Waals surface area contributed by atoms with E-state index in [0.717, 1.165) is 24.1 Å². The Hall–Kier alpha value is -0.620. The average molecular weight is 377 g/mol. The van der Waals surface area contributed by atoms with Crippen LogP contribution in [0.25, 0.3) is 0 Å². The Morgan fingerprint density at radius 1 is 1.21 bits per heavy atom. The number of para-hydroxylation sites is 1. The van der Waals surface area contributed by atoms with E-state index in [0.29, 0.717) is 17.9 Å². The zero-order valence-electron chi connectivity index (χ0n) is 12.3. The number of benzene rings is 1. The van der Waals surface area contributed by atoms with Gasteiger partial charge in [0.25, 0.3) is 0 Å². The quantitative estimate of drug-likeness (QED) is 0.373. The molecule has 0 heterocycles. The molecule has 3 nitrogen and oxygen atoms in total. The van der Waals surface area contributed by atoms with E-state index in [-0.39, 0.29) is 29.8 Å². The van der Waals surface area contributed by atoms with Crippen LogP contribution in [0.1, 0.15) is 31.1 Å². The van der Waals surface area contributed by atoms with Crippen LogP contribution >= 0.6 is 0 Å². The highest BCUT2D eigenvalue weighted by Crippen LogP contribution is 2.18. The topological polar surface area (TPSA) is 26.3 Å². The number of carbonyl (C=O) groups is 1. The fourth-order valence-corrected chi connectivity index (χ4v) is 1.80. The lowest BCUT2D eigenvalue weighted by Gasteiger charge is -2.31. The standard InChI is InChI=1S/C15H24NO2.HI/c1-5-16(4,6-2)11-12-18-15-10-8-7-9-14(15)13(3)17;/h7-10H,5-6,11-12H2,1-4H3;1H/q+1;/p-1. The minimum atomic E-state index is 0. The first kappa shape index (κ1) is 18.4. The van der Waals surface area contributed by atoms with Crippen molar-refractivity contribution in [2.24, 2.45) is 0 Å². The number of likely N-dealkylation sites (N-methyl/N-ethyl adjacent to an activating group) is 1. The Balaban J connectivity index is 0.00000324. The molecule has 108 valence electrons. The molecule has 0 aromatic heterocycles. The summed E-state index contributed by atoms with van der Waals surface area (Å²) < 4.78 is 6.75. The van der Waals surface area contributed by atoms with Crippen molar-refractivity contribution in [3.05, 3.63) is 29.8 Å². The molecule has 0 N–H and O–H groups in total. The van der Waals surface area contributed by atoms with Crippen molar-refractivity contribution in [3.63, 3.8) is 0 Å². The Bertz CT molecular complexity index is 403. The summed E-state index contributed by atoms with van der Waals surface area (Å²) in [4.78, 5) is 11.5. The number of quaternary nitrogens is 1. The van der Waals surface area contributed by atoms with Gasteiger partial charge in [0.2, 0.25) is 0 Å². The largest absolute Gasteiger partial charge is 1.00 e. The number of halogens is 1. The maximum Gasteiger partial charge on any atom is 0.163 e. The number of hydrogen-bond acceptors (Lipinski definition) is 2. The van der Waals surface area contributed by atoms with E-state index in [1.165, 1.54) is 0 Å². The number of rotatable bonds is 7. The normalized spacial score (nSPS) is 10.7. The molecule has 0 saturated heterocycles. The predicted octanol–water partition coefficient (Wildman–Crippen LogP) is -0.242. The van der Waals surface area contributed by atoms with E-state index in [1.807, 2.05) is 24.3 Å². The van der Waals surface area contributed by atoms with Crippen LogP contribution in [-0.2, 0) is 0 Å². The van der Waals surface area contributed by atoms with Crippen LogP contribution in [0.2, 0.25) is 0 Å². The van der Waals surface area contributed by atoms with Gasteiger partial charge in [-0.3, -0.25) is 4.79 Å². The van der Waals surface area contributed by atoms with Gasteiger partial charge in [0, 0.05) is 0 Å². The van der Waals surface area contributed by atoms with Crippen LogP contribution in [-0.4, -0.2) is 43.6 Å². The fraction of sp³-hybridized carbons (Fsp3) is 0.533. The number of ether oxygens (including phenoxy) is 1. The van der Waals surface area contributed by atoms with Gasteiger partial charge in [0.05, 0.1) is 25.7 Å². The number of Topliss-reactive ketones (excluding diaryl/α,β-unsaturated/α-hetero) is 1. The Kier molecular flexibility index (Phi) is 8.25. The maximum atomic E-state index is 11.5. The van der Waals surface area contributed by atoms with E-state index >= 15 is 0 Å². The smallest absolute Gasteiger partial charge is 0.163 e. The summed E-state index contributed by atoms with van der Waals surface area (Å²) in [6.07, 6.45) is 0. The second-order valence-electron chi connectivity index (χ2n) is 4.88. The summed E-state index contributed by atoms with van der Waals surface area (Å²) in [5.41, 5.74) is 0.666. The van der Waals surface area contributed by atoms with Gasteiger partial charge >= 0.3 is 0 Å². The highest BCUT2D eigenvalue weighted by molar-refractivity contribution is 5.96. The van der Waals surface area contributed by atoms with E-state index < -0.39 is 0 Å². The zero-order valence-corrected chi connectivity index (χ0v) is 14.4. The summed E-state index contributed by atoms with van der Waals surface area (Å²) >= 11 is 0. The second kappa shape index (κ2) is 8.53. The summed E-state index contributed by atoms with van der Waals surface area (Å²) in [5, 5.41) is 0. The molecular formula is C15H24INO2. The SMILES string of the molecule is CC[N+](C)(CC)CCOc1ccccc1C(C)=O.[I-]. The second-order valence-corrected chi connectivity index (χ2v) is 4.88. The van der Waals surface area contributed by atoms with E-state index in [4.69, 9.17) is 4.74 Å². The minimum Gasteiger partial charge on any atom is -1.00 e. The van der Waals surface area contributed by atoms with Gasteiger partial charge in [-0.05, 0) is 32.9 Å². The first-order valence-electron chi connectivity index (χ1n) is 6.58. The van der Waals surface area contributed by atoms with Crippen molar-refractivity contribution in [2.45, 2.75) is 20.8 Å². The fourth-order valence-electron chi connectivity index (χ4n) is 1.80. The highest BCUT2D eigenvalue weighted by Gasteiger charge is 2.16. The molecule has 0 radical (unpaired) electrons. The van der Waals surface area contributed by atoms with Crippen molar-refractivity contribution in [1.29, 1.82) is 0 Å². The van der Waals surface area contributed by atoms with Gasteiger partial charge in [-0.25, -0.2) is 0 Å². The van der Waals surface area contributed by atoms with E-state index in [2.05, 4.69) is 20.9 Å². The lowest BCUT2D eigenvalue weighted by atomic mass is 10.1. The van der Waals surface area contributed by atoms with Crippen molar-refractivity contribution in [1.82, 2.24) is 0 Å². The van der Waals surface area contributed by atoms with E-state index in [9.17, 15) is 4.79 Å². The molecule has 0 unspecified atom stereocenters. The first-order chi connectivity index (χ1) is 8.52. The third-order valence-corrected chi connectivity index (χ3v) is 3.68. The third-order valence-electron chi connectivity index (χ3n) is 3.68. The molecule has 0 bridgehead atoms. The third kappa shape index (κ3) is 5.48. The minimum absolute atomic E-state index is 0. The molecule has 1 aromatic carbocycles. The van der Waals surface area contributed by atoms with Crippen LogP contribution in [0.5, 0.6) is 5.75 Å². The molecule has 0 aliphatic carbocycles. The lowest BCUT2D eigenvalue weighted by molar-refractivity contribution is -0.906. The molecule has 1 rings (SSSR count). The number of nitrogens with zero attached hydrogens (tertiary/aromatic N) is 1. The van der Waals surface area contributed by atoms with Gasteiger partial charge in [0.1, 0.15) is 18.9 Å². The van der Waals surface area contributed by atoms with Crippen LogP contribution in [0.15, 0.2) is 24.3 Å². The molecule has 0 aliphatic rings. The Morgan fingerprint density at radius 3 is 2.32 bits per heavy atom. The monoisotopic (exact) mass is 377 g/mol. The van der Waals surface area contributed by atoms with Gasteiger partial charge in [0.15, 0.2) is 5.78 Å². The summed E-state index contributed by atoms with van der Waals surface area (Å²) in [7, 11) is 2.22. The maximum absolute atomic E-state index is 11.5. The predicted molar refractivity (Wildman–Crippen MR) is 74.1 cm³/mol. The molecule has 0 amide bonds. The number of ketones is 1. The molecule has 0 fully saturated rings. The molecular weight excluding hydrogens is 353 g/mol. The van der Waals surface area contributed by atoms with Gasteiger partial charge in [-0.15, -0.1) is 0 Å². The average Bonchev–Trinajstić information content (AvgIpc) is 2.39. The van der Waals surface area contributed by atoms with Gasteiger partial charge < -0.3 is 33.2 Å². The van der Waals surface area contributed by atoms with Crippen LogP contribution in [0.3, 0.4) is 0 Å². The lowest BCUT2D eigenvalue weighted by Crippen LogP contribution is -3.00. The summed E-state index contributed by atoms with van der Waals surface area (Å²) in [6, 6.07) is 7.43. The summed E-state index contributed by atoms with van der Waals surface area (Å²) in [6.45, 7) is 9.73. The van der Waals surface area contributed by atoms with Crippen molar-refractivity contribution >= 4 is 5.78 Å². The van der Waals surface area contributed by atoms with Crippen molar-refractivity contribution in [3.8, 4) is 5.75 Å². The molecule has 0 aliphatic heterocycles. The van der Waals surface area contributed by atoms with Crippen LogP contribution < -0.4 is 28.7 Å². The highest BCUT2D eigenvalue weighted by atomic mass is 127. The molecule has 4 heteroatoms. The van der Waals surface area contributed by atoms with Gasteiger partial charge in [-0.2, -0.15) is 0 Å². The zero-order chi connectivity index (χ0) is 13.6.